The van der Waals surface area contributed by atoms with Crippen molar-refractivity contribution in [1.82, 2.24) is 4.90 Å². The number of nitrogens with zero attached hydrogens (tertiary/aromatic N) is 2. The summed E-state index contributed by atoms with van der Waals surface area (Å²) in [6, 6.07) is 4.48. The van der Waals surface area contributed by atoms with E-state index >= 15 is 0 Å². The lowest BCUT2D eigenvalue weighted by Gasteiger charge is -2.44. The molecule has 5 heteroatoms. The number of carbonyl (C=O) groups excluding carboxylic acids is 2. The molecule has 0 N–H and O–H groups in total. The van der Waals surface area contributed by atoms with Crippen LogP contribution in [-0.2, 0) is 28.8 Å². The number of benzene rings is 1. The van der Waals surface area contributed by atoms with Gasteiger partial charge in [0, 0.05) is 30.7 Å². The monoisotopic (exact) mass is 386 g/mol. The van der Waals surface area contributed by atoms with Crippen LogP contribution < -0.4 is 4.90 Å². The van der Waals surface area contributed by atoms with E-state index in [-0.39, 0.29) is 17.5 Å². The molecule has 0 saturated carbocycles. The molecule has 0 bridgehead atoms. The number of amides is 2. The van der Waals surface area contributed by atoms with Gasteiger partial charge in [-0.25, -0.2) is 4.79 Å². The largest absolute Gasteiger partial charge is 0.444 e. The van der Waals surface area contributed by atoms with Crippen molar-refractivity contribution in [2.75, 3.05) is 18.0 Å². The van der Waals surface area contributed by atoms with Crippen molar-refractivity contribution in [3.8, 4) is 0 Å². The van der Waals surface area contributed by atoms with Gasteiger partial charge < -0.3 is 14.5 Å². The molecule has 0 aliphatic carbocycles. The van der Waals surface area contributed by atoms with Gasteiger partial charge in [0.2, 0.25) is 5.91 Å². The summed E-state index contributed by atoms with van der Waals surface area (Å²) in [5, 5.41) is 0. The average molecular weight is 387 g/mol. The first-order chi connectivity index (χ1) is 13.0. The van der Waals surface area contributed by atoms with Crippen LogP contribution in [0.4, 0.5) is 10.5 Å². The van der Waals surface area contributed by atoms with Gasteiger partial charge in [-0.1, -0.05) is 13.0 Å². The molecule has 0 fully saturated rings. The number of ether oxygens (including phenoxy) is 1. The fourth-order valence-corrected chi connectivity index (χ4v) is 4.24. The molecule has 0 radical (unpaired) electrons. The van der Waals surface area contributed by atoms with E-state index in [9.17, 15) is 9.59 Å². The van der Waals surface area contributed by atoms with Crippen molar-refractivity contribution >= 4 is 17.7 Å². The van der Waals surface area contributed by atoms with E-state index in [1.54, 1.807) is 0 Å². The Morgan fingerprint density at radius 2 is 1.64 bits per heavy atom. The fourth-order valence-electron chi connectivity index (χ4n) is 4.24. The Morgan fingerprint density at radius 1 is 1.04 bits per heavy atom. The molecule has 154 valence electrons. The zero-order chi connectivity index (χ0) is 20.7. The third-order valence-electron chi connectivity index (χ3n) is 5.76. The number of anilines is 1. The molecule has 1 aromatic rings. The van der Waals surface area contributed by atoms with Crippen molar-refractivity contribution in [2.24, 2.45) is 0 Å². The number of carbonyl (C=O) groups is 2. The molecule has 2 heterocycles. The molecule has 2 amide bonds. The summed E-state index contributed by atoms with van der Waals surface area (Å²) in [6.45, 7) is 13.2. The van der Waals surface area contributed by atoms with E-state index in [1.165, 1.54) is 16.7 Å². The van der Waals surface area contributed by atoms with Crippen LogP contribution in [0.1, 0.15) is 71.1 Å². The SMILES string of the molecule is CCC(=O)N1c2cc3c(cc2CCC1(C)C)CCN(C(=O)OC(C)(C)C)CC3. The second-order valence-electron chi connectivity index (χ2n) is 9.61. The van der Waals surface area contributed by atoms with Crippen LogP contribution >= 0.6 is 0 Å². The number of hydrogen-bond acceptors (Lipinski definition) is 3. The molecule has 0 saturated heterocycles. The first kappa shape index (κ1) is 20.7. The minimum Gasteiger partial charge on any atom is -0.444 e. The summed E-state index contributed by atoms with van der Waals surface area (Å²) in [5.74, 6) is 0.176. The Labute approximate surface area is 169 Å². The smallest absolute Gasteiger partial charge is 0.410 e. The third kappa shape index (κ3) is 4.18. The lowest BCUT2D eigenvalue weighted by atomic mass is 9.84. The van der Waals surface area contributed by atoms with Gasteiger partial charge in [-0.2, -0.15) is 0 Å². The maximum absolute atomic E-state index is 12.7. The van der Waals surface area contributed by atoms with Crippen molar-refractivity contribution in [1.29, 1.82) is 0 Å². The molecule has 2 aliphatic rings. The van der Waals surface area contributed by atoms with Gasteiger partial charge in [-0.3, -0.25) is 4.79 Å². The van der Waals surface area contributed by atoms with Gasteiger partial charge in [-0.15, -0.1) is 0 Å². The molecule has 5 nitrogen and oxygen atoms in total. The van der Waals surface area contributed by atoms with E-state index in [1.807, 2.05) is 37.5 Å². The van der Waals surface area contributed by atoms with Crippen LogP contribution in [0.2, 0.25) is 0 Å². The molecular weight excluding hydrogens is 352 g/mol. The Kier molecular flexibility index (Phi) is 5.48. The number of rotatable bonds is 1. The summed E-state index contributed by atoms with van der Waals surface area (Å²) in [6.07, 6.45) is 3.83. The predicted octanol–water partition coefficient (Wildman–Crippen LogP) is 4.49. The zero-order valence-corrected chi connectivity index (χ0v) is 18.2. The summed E-state index contributed by atoms with van der Waals surface area (Å²) in [7, 11) is 0. The highest BCUT2D eigenvalue weighted by molar-refractivity contribution is 5.96. The predicted molar refractivity (Wildman–Crippen MR) is 112 cm³/mol. The summed E-state index contributed by atoms with van der Waals surface area (Å²) in [4.78, 5) is 29.0. The van der Waals surface area contributed by atoms with Gasteiger partial charge in [0.1, 0.15) is 5.60 Å². The van der Waals surface area contributed by atoms with Crippen LogP contribution in [0.25, 0.3) is 0 Å². The Bertz CT molecular complexity index is 777. The molecule has 1 aromatic carbocycles. The van der Waals surface area contributed by atoms with Gasteiger partial charge in [0.25, 0.3) is 0 Å². The van der Waals surface area contributed by atoms with Crippen molar-refractivity contribution < 1.29 is 14.3 Å². The molecule has 0 aromatic heterocycles. The Morgan fingerprint density at radius 3 is 2.21 bits per heavy atom. The highest BCUT2D eigenvalue weighted by Gasteiger charge is 2.37. The highest BCUT2D eigenvalue weighted by atomic mass is 16.6. The van der Waals surface area contributed by atoms with E-state index in [0.717, 1.165) is 31.4 Å². The molecule has 0 spiro atoms. The maximum Gasteiger partial charge on any atom is 0.410 e. The number of fused-ring (bicyclic) bond motifs is 2. The molecule has 0 unspecified atom stereocenters. The van der Waals surface area contributed by atoms with E-state index < -0.39 is 5.60 Å². The standard InChI is InChI=1S/C23H34N2O3/c1-7-20(26)25-19-15-17-10-13-24(21(27)28-22(2,3)4)12-9-16(17)14-18(19)8-11-23(25,5)6/h14-15H,7-13H2,1-6H3. The fraction of sp³-hybridized carbons (Fsp3) is 0.652. The summed E-state index contributed by atoms with van der Waals surface area (Å²) in [5.41, 5.74) is 4.21. The van der Waals surface area contributed by atoms with Crippen LogP contribution in [0.15, 0.2) is 12.1 Å². The van der Waals surface area contributed by atoms with Gasteiger partial charge in [-0.05, 0) is 83.1 Å². The van der Waals surface area contributed by atoms with Gasteiger partial charge in [0.05, 0.1) is 0 Å². The first-order valence-electron chi connectivity index (χ1n) is 10.5. The third-order valence-corrected chi connectivity index (χ3v) is 5.76. The van der Waals surface area contributed by atoms with Crippen molar-refractivity contribution in [3.63, 3.8) is 0 Å². The molecule has 2 aliphatic heterocycles. The normalized spacial score (nSPS) is 18.8. The Balaban J connectivity index is 1.87. The molecule has 28 heavy (non-hydrogen) atoms. The maximum atomic E-state index is 12.7. The zero-order valence-electron chi connectivity index (χ0n) is 18.2. The lowest BCUT2D eigenvalue weighted by molar-refractivity contribution is -0.119. The van der Waals surface area contributed by atoms with Gasteiger partial charge >= 0.3 is 6.09 Å². The summed E-state index contributed by atoms with van der Waals surface area (Å²) < 4.78 is 5.56. The van der Waals surface area contributed by atoms with E-state index in [0.29, 0.717) is 19.5 Å². The van der Waals surface area contributed by atoms with E-state index in [2.05, 4.69) is 26.0 Å². The van der Waals surface area contributed by atoms with Crippen LogP contribution in [-0.4, -0.2) is 41.1 Å². The van der Waals surface area contributed by atoms with Crippen LogP contribution in [0.5, 0.6) is 0 Å². The second kappa shape index (κ2) is 7.41. The average Bonchev–Trinajstić information content (AvgIpc) is 2.79. The second-order valence-corrected chi connectivity index (χ2v) is 9.61. The van der Waals surface area contributed by atoms with Crippen LogP contribution in [0.3, 0.4) is 0 Å². The Hall–Kier alpha value is -2.04. The number of hydrogen-bond donors (Lipinski definition) is 0. The minimum absolute atomic E-state index is 0.165. The highest BCUT2D eigenvalue weighted by Crippen LogP contribution is 2.39. The lowest BCUT2D eigenvalue weighted by Crippen LogP contribution is -2.50. The molecule has 3 rings (SSSR count). The number of aryl methyl sites for hydroxylation is 1. The quantitative estimate of drug-likeness (QED) is 0.714. The van der Waals surface area contributed by atoms with Crippen molar-refractivity contribution in [2.45, 2.75) is 84.8 Å². The van der Waals surface area contributed by atoms with Crippen molar-refractivity contribution in [3.05, 3.63) is 28.8 Å². The van der Waals surface area contributed by atoms with Crippen LogP contribution in [0, 0.1) is 0 Å². The minimum atomic E-state index is -0.484. The topological polar surface area (TPSA) is 49.9 Å². The van der Waals surface area contributed by atoms with E-state index in [4.69, 9.17) is 4.74 Å². The molecular formula is C23H34N2O3. The summed E-state index contributed by atoms with van der Waals surface area (Å²) >= 11 is 0. The van der Waals surface area contributed by atoms with Gasteiger partial charge in [0.15, 0.2) is 0 Å². The molecule has 0 atom stereocenters. The first-order valence-corrected chi connectivity index (χ1v) is 10.5.